The van der Waals surface area contributed by atoms with Gasteiger partial charge in [-0.15, -0.1) is 0 Å². The fourth-order valence-corrected chi connectivity index (χ4v) is 6.64. The Morgan fingerprint density at radius 1 is 1.19 bits per heavy atom. The molecule has 2 aromatic rings. The Morgan fingerprint density at radius 2 is 1.96 bits per heavy atom. The normalized spacial score (nSPS) is 24.2. The van der Waals surface area contributed by atoms with Gasteiger partial charge in [-0.1, -0.05) is 38.8 Å². The standard InChI is InChI=1S/C22H28FNO2S/c1-3-5-11-22(4-2)14-20(16-7-6-8-18(24)12-16)19-13-17(23)9-10-21(19)27(25,26)15-22/h6-10,12-13,20H,3-5,11,14-15,24H2,1-2H3/t20-,22+/m1/s1. The summed E-state index contributed by atoms with van der Waals surface area (Å²) in [6.45, 7) is 4.19. The molecule has 0 radical (unpaired) electrons. The van der Waals surface area contributed by atoms with Crippen LogP contribution in [-0.2, 0) is 9.84 Å². The SMILES string of the molecule is CCCC[C@@]1(CC)C[C@H](c2cccc(N)c2)c2cc(F)ccc2S(=O)(=O)C1. The Hall–Kier alpha value is -1.88. The second-order valence-corrected chi connectivity index (χ2v) is 9.78. The van der Waals surface area contributed by atoms with Crippen LogP contribution in [0.5, 0.6) is 0 Å². The van der Waals surface area contributed by atoms with Crippen LogP contribution in [0.15, 0.2) is 47.4 Å². The van der Waals surface area contributed by atoms with E-state index in [1.165, 1.54) is 18.2 Å². The van der Waals surface area contributed by atoms with E-state index in [1.807, 2.05) is 24.3 Å². The van der Waals surface area contributed by atoms with Gasteiger partial charge in [0, 0.05) is 11.6 Å². The molecule has 1 aliphatic heterocycles. The number of hydrogen-bond donors (Lipinski definition) is 1. The van der Waals surface area contributed by atoms with E-state index in [0.29, 0.717) is 17.7 Å². The van der Waals surface area contributed by atoms with E-state index in [1.54, 1.807) is 0 Å². The summed E-state index contributed by atoms with van der Waals surface area (Å²) in [6, 6.07) is 11.6. The average molecular weight is 390 g/mol. The van der Waals surface area contributed by atoms with Gasteiger partial charge in [0.1, 0.15) is 5.82 Å². The second-order valence-electron chi connectivity index (χ2n) is 7.83. The number of anilines is 1. The highest BCUT2D eigenvalue weighted by Crippen LogP contribution is 2.48. The van der Waals surface area contributed by atoms with Gasteiger partial charge in [0.05, 0.1) is 10.6 Å². The van der Waals surface area contributed by atoms with Gasteiger partial charge >= 0.3 is 0 Å². The summed E-state index contributed by atoms with van der Waals surface area (Å²) in [5.74, 6) is -0.475. The molecule has 3 nitrogen and oxygen atoms in total. The van der Waals surface area contributed by atoms with Gasteiger partial charge in [0.15, 0.2) is 9.84 Å². The first-order chi connectivity index (χ1) is 12.8. The number of halogens is 1. The fourth-order valence-electron chi connectivity index (χ4n) is 4.38. The third kappa shape index (κ3) is 4.03. The second kappa shape index (κ2) is 7.63. The van der Waals surface area contributed by atoms with Crippen LogP contribution >= 0.6 is 0 Å². The summed E-state index contributed by atoms with van der Waals surface area (Å²) in [7, 11) is -3.49. The van der Waals surface area contributed by atoms with E-state index in [2.05, 4.69) is 13.8 Å². The predicted octanol–water partition coefficient (Wildman–Crippen LogP) is 5.30. The number of nitrogens with two attached hydrogens (primary N) is 1. The van der Waals surface area contributed by atoms with Crippen LogP contribution in [0, 0.1) is 11.2 Å². The molecule has 2 N–H and O–H groups in total. The number of benzene rings is 2. The summed E-state index contributed by atoms with van der Waals surface area (Å²) in [5, 5.41) is 0. The van der Waals surface area contributed by atoms with Crippen LogP contribution in [0.4, 0.5) is 10.1 Å². The summed E-state index contributed by atoms with van der Waals surface area (Å²) in [6.07, 6.45) is 4.32. The minimum Gasteiger partial charge on any atom is -0.399 e. The fraction of sp³-hybridized carbons (Fsp3) is 0.455. The third-order valence-electron chi connectivity index (χ3n) is 5.94. The van der Waals surface area contributed by atoms with E-state index in [4.69, 9.17) is 5.73 Å². The van der Waals surface area contributed by atoms with Crippen molar-refractivity contribution >= 4 is 15.5 Å². The molecule has 2 aromatic carbocycles. The highest BCUT2D eigenvalue weighted by Gasteiger charge is 2.42. The first-order valence-corrected chi connectivity index (χ1v) is 11.3. The molecule has 5 heteroatoms. The Labute approximate surface area is 161 Å². The smallest absolute Gasteiger partial charge is 0.179 e. The van der Waals surface area contributed by atoms with E-state index in [-0.39, 0.29) is 22.0 Å². The molecule has 2 atom stereocenters. The molecule has 0 saturated carbocycles. The Bertz CT molecular complexity index is 926. The third-order valence-corrected chi connectivity index (χ3v) is 7.97. The lowest BCUT2D eigenvalue weighted by Gasteiger charge is -2.34. The maximum atomic E-state index is 14.1. The molecule has 0 unspecified atom stereocenters. The van der Waals surface area contributed by atoms with Gasteiger partial charge in [0.25, 0.3) is 0 Å². The van der Waals surface area contributed by atoms with Gasteiger partial charge < -0.3 is 5.73 Å². The zero-order valence-corrected chi connectivity index (χ0v) is 16.9. The van der Waals surface area contributed by atoms with Crippen molar-refractivity contribution in [1.82, 2.24) is 0 Å². The molecule has 3 rings (SSSR count). The zero-order chi connectivity index (χ0) is 19.7. The molecule has 0 fully saturated rings. The summed E-state index contributed by atoms with van der Waals surface area (Å²) in [5.41, 5.74) is 7.82. The topological polar surface area (TPSA) is 60.2 Å². The van der Waals surface area contributed by atoms with Crippen LogP contribution < -0.4 is 5.73 Å². The number of fused-ring (bicyclic) bond motifs is 1. The molecule has 0 aromatic heterocycles. The number of hydrogen-bond acceptors (Lipinski definition) is 3. The van der Waals surface area contributed by atoms with Crippen molar-refractivity contribution in [2.24, 2.45) is 5.41 Å². The predicted molar refractivity (Wildman–Crippen MR) is 108 cm³/mol. The van der Waals surface area contributed by atoms with Crippen LogP contribution in [0.2, 0.25) is 0 Å². The molecule has 1 heterocycles. The summed E-state index contributed by atoms with van der Waals surface area (Å²) < 4.78 is 40.6. The lowest BCUT2D eigenvalue weighted by atomic mass is 9.71. The Balaban J connectivity index is 2.22. The Morgan fingerprint density at radius 3 is 2.63 bits per heavy atom. The van der Waals surface area contributed by atoms with Crippen molar-refractivity contribution in [1.29, 1.82) is 0 Å². The molecular weight excluding hydrogens is 361 g/mol. The molecule has 0 amide bonds. The van der Waals surface area contributed by atoms with Gasteiger partial charge in [-0.3, -0.25) is 0 Å². The molecule has 0 bridgehead atoms. The molecule has 0 saturated heterocycles. The highest BCUT2D eigenvalue weighted by atomic mass is 32.2. The van der Waals surface area contributed by atoms with E-state index < -0.39 is 15.7 Å². The van der Waals surface area contributed by atoms with Gasteiger partial charge in [0.2, 0.25) is 0 Å². The molecule has 27 heavy (non-hydrogen) atoms. The molecule has 1 aliphatic rings. The highest BCUT2D eigenvalue weighted by molar-refractivity contribution is 7.91. The average Bonchev–Trinajstić information content (AvgIpc) is 2.72. The molecular formula is C22H28FNO2S. The maximum absolute atomic E-state index is 14.1. The molecule has 146 valence electrons. The van der Waals surface area contributed by atoms with Crippen molar-refractivity contribution in [2.45, 2.75) is 56.8 Å². The van der Waals surface area contributed by atoms with Crippen molar-refractivity contribution in [3.8, 4) is 0 Å². The minimum atomic E-state index is -3.49. The van der Waals surface area contributed by atoms with E-state index >= 15 is 0 Å². The largest absolute Gasteiger partial charge is 0.399 e. The first-order valence-electron chi connectivity index (χ1n) is 9.68. The summed E-state index contributed by atoms with van der Waals surface area (Å²) >= 11 is 0. The number of sulfone groups is 1. The summed E-state index contributed by atoms with van der Waals surface area (Å²) in [4.78, 5) is 0.267. The number of nitrogen functional groups attached to an aromatic ring is 1. The number of unbranched alkanes of at least 4 members (excludes halogenated alkanes) is 1. The van der Waals surface area contributed by atoms with Crippen LogP contribution in [0.3, 0.4) is 0 Å². The lowest BCUT2D eigenvalue weighted by molar-refractivity contribution is 0.247. The van der Waals surface area contributed by atoms with E-state index in [9.17, 15) is 12.8 Å². The van der Waals surface area contributed by atoms with Crippen molar-refractivity contribution in [3.63, 3.8) is 0 Å². The molecule has 0 aliphatic carbocycles. The van der Waals surface area contributed by atoms with Gasteiger partial charge in [-0.05, 0) is 66.1 Å². The maximum Gasteiger partial charge on any atom is 0.179 e. The lowest BCUT2D eigenvalue weighted by Crippen LogP contribution is -2.29. The first kappa shape index (κ1) is 19.9. The van der Waals surface area contributed by atoms with Crippen LogP contribution in [0.25, 0.3) is 0 Å². The monoisotopic (exact) mass is 389 g/mol. The zero-order valence-electron chi connectivity index (χ0n) is 16.0. The van der Waals surface area contributed by atoms with Gasteiger partial charge in [-0.25, -0.2) is 12.8 Å². The van der Waals surface area contributed by atoms with E-state index in [0.717, 1.165) is 31.2 Å². The van der Waals surface area contributed by atoms with Crippen LogP contribution in [0.1, 0.15) is 63.0 Å². The van der Waals surface area contributed by atoms with Crippen molar-refractivity contribution in [3.05, 3.63) is 59.4 Å². The molecule has 0 spiro atoms. The minimum absolute atomic E-state index is 0.119. The number of rotatable bonds is 5. The van der Waals surface area contributed by atoms with Crippen LogP contribution in [-0.4, -0.2) is 14.2 Å². The van der Waals surface area contributed by atoms with Gasteiger partial charge in [-0.2, -0.15) is 0 Å². The quantitative estimate of drug-likeness (QED) is 0.557. The van der Waals surface area contributed by atoms with Crippen molar-refractivity contribution in [2.75, 3.05) is 11.5 Å². The van der Waals surface area contributed by atoms with Crippen molar-refractivity contribution < 1.29 is 12.8 Å². The Kier molecular flexibility index (Phi) is 5.61.